The van der Waals surface area contributed by atoms with Gasteiger partial charge in [0.2, 0.25) is 0 Å². The summed E-state index contributed by atoms with van der Waals surface area (Å²) in [5, 5.41) is 3.34. The first-order chi connectivity index (χ1) is 9.43. The summed E-state index contributed by atoms with van der Waals surface area (Å²) in [6.45, 7) is 13.1. The Kier molecular flexibility index (Phi) is 7.15. The summed E-state index contributed by atoms with van der Waals surface area (Å²) in [5.74, 6) is 0.591. The largest absolute Gasteiger partial charge is 0.317 e. The predicted molar refractivity (Wildman–Crippen MR) is 83.8 cm³/mol. The SMILES string of the molecule is C=CCN(C(C)C)S(=O)(=O)N1CCC(CNCC)CC1. The van der Waals surface area contributed by atoms with Gasteiger partial charge in [-0.05, 0) is 45.7 Å². The maximum Gasteiger partial charge on any atom is 0.282 e. The molecule has 0 radical (unpaired) electrons. The molecule has 0 atom stereocenters. The van der Waals surface area contributed by atoms with Crippen LogP contribution in [0.15, 0.2) is 12.7 Å². The van der Waals surface area contributed by atoms with Crippen LogP contribution in [0.25, 0.3) is 0 Å². The molecule has 1 fully saturated rings. The van der Waals surface area contributed by atoms with Gasteiger partial charge in [0.15, 0.2) is 0 Å². The first-order valence-corrected chi connectivity index (χ1v) is 8.91. The quantitative estimate of drug-likeness (QED) is 0.691. The lowest BCUT2D eigenvalue weighted by atomic mass is 9.98. The zero-order chi connectivity index (χ0) is 15.2. The molecule has 5 nitrogen and oxygen atoms in total. The van der Waals surface area contributed by atoms with Gasteiger partial charge in [0.1, 0.15) is 0 Å². The Morgan fingerprint density at radius 3 is 2.45 bits per heavy atom. The van der Waals surface area contributed by atoms with E-state index in [0.29, 0.717) is 25.6 Å². The standard InChI is InChI=1S/C14H29N3O2S/c1-5-9-17(13(3)4)20(18,19)16-10-7-14(8-11-16)12-15-6-2/h5,13-15H,1,6-12H2,2-4H3. The van der Waals surface area contributed by atoms with E-state index in [9.17, 15) is 8.42 Å². The monoisotopic (exact) mass is 303 g/mol. The molecule has 0 spiro atoms. The molecule has 0 aromatic rings. The lowest BCUT2D eigenvalue weighted by molar-refractivity contribution is 0.245. The molecule has 1 heterocycles. The van der Waals surface area contributed by atoms with Gasteiger partial charge in [0.05, 0.1) is 0 Å². The first kappa shape index (κ1) is 17.6. The number of piperidine rings is 1. The van der Waals surface area contributed by atoms with Crippen molar-refractivity contribution in [3.05, 3.63) is 12.7 Å². The van der Waals surface area contributed by atoms with Crippen molar-refractivity contribution in [2.45, 2.75) is 39.7 Å². The second-order valence-electron chi connectivity index (χ2n) is 5.61. The van der Waals surface area contributed by atoms with Crippen LogP contribution in [0.2, 0.25) is 0 Å². The Bertz CT molecular complexity index is 387. The number of rotatable bonds is 8. The molecule has 6 heteroatoms. The van der Waals surface area contributed by atoms with Crippen molar-refractivity contribution >= 4 is 10.2 Å². The first-order valence-electron chi connectivity index (χ1n) is 7.52. The van der Waals surface area contributed by atoms with Crippen molar-refractivity contribution in [3.8, 4) is 0 Å². The van der Waals surface area contributed by atoms with E-state index >= 15 is 0 Å². The molecule has 20 heavy (non-hydrogen) atoms. The summed E-state index contributed by atoms with van der Waals surface area (Å²) in [7, 11) is -3.35. The normalized spacial score (nSPS) is 18.9. The van der Waals surface area contributed by atoms with Crippen LogP contribution in [0.3, 0.4) is 0 Å². The van der Waals surface area contributed by atoms with E-state index in [4.69, 9.17) is 0 Å². The van der Waals surface area contributed by atoms with Crippen molar-refractivity contribution in [3.63, 3.8) is 0 Å². The molecule has 1 N–H and O–H groups in total. The van der Waals surface area contributed by atoms with E-state index in [2.05, 4.69) is 18.8 Å². The summed E-state index contributed by atoms with van der Waals surface area (Å²) in [4.78, 5) is 0. The Labute approximate surface area is 124 Å². The second-order valence-corrected chi connectivity index (χ2v) is 7.49. The molecule has 1 aliphatic rings. The number of hydrogen-bond donors (Lipinski definition) is 1. The van der Waals surface area contributed by atoms with E-state index < -0.39 is 10.2 Å². The zero-order valence-corrected chi connectivity index (χ0v) is 13.8. The molecular formula is C14H29N3O2S. The maximum absolute atomic E-state index is 12.6. The van der Waals surface area contributed by atoms with E-state index in [-0.39, 0.29) is 6.04 Å². The maximum atomic E-state index is 12.6. The van der Waals surface area contributed by atoms with Crippen LogP contribution in [0.1, 0.15) is 33.6 Å². The van der Waals surface area contributed by atoms with Crippen LogP contribution in [-0.4, -0.2) is 55.8 Å². The third-order valence-corrected chi connectivity index (χ3v) is 5.95. The van der Waals surface area contributed by atoms with Crippen molar-refractivity contribution in [1.82, 2.24) is 13.9 Å². The summed E-state index contributed by atoms with van der Waals surface area (Å²) in [6, 6.07) is -0.0440. The molecule has 1 saturated heterocycles. The highest BCUT2D eigenvalue weighted by molar-refractivity contribution is 7.86. The van der Waals surface area contributed by atoms with E-state index in [1.54, 1.807) is 10.4 Å². The predicted octanol–water partition coefficient (Wildman–Crippen LogP) is 1.45. The van der Waals surface area contributed by atoms with Gasteiger partial charge in [0.25, 0.3) is 10.2 Å². The Morgan fingerprint density at radius 2 is 2.00 bits per heavy atom. The van der Waals surface area contributed by atoms with Crippen molar-refractivity contribution in [1.29, 1.82) is 0 Å². The Hall–Kier alpha value is -0.430. The van der Waals surface area contributed by atoms with Crippen LogP contribution in [0, 0.1) is 5.92 Å². The molecule has 1 rings (SSSR count). The summed E-state index contributed by atoms with van der Waals surface area (Å²) in [6.07, 6.45) is 3.52. The highest BCUT2D eigenvalue weighted by Gasteiger charge is 2.33. The molecule has 0 aromatic heterocycles. The zero-order valence-electron chi connectivity index (χ0n) is 13.0. The molecule has 1 aliphatic heterocycles. The smallest absolute Gasteiger partial charge is 0.282 e. The molecule has 0 saturated carbocycles. The minimum absolute atomic E-state index is 0.0440. The summed E-state index contributed by atoms with van der Waals surface area (Å²) < 4.78 is 28.4. The van der Waals surface area contributed by atoms with Gasteiger partial charge in [-0.1, -0.05) is 13.0 Å². The van der Waals surface area contributed by atoms with Gasteiger partial charge in [-0.2, -0.15) is 17.0 Å². The van der Waals surface area contributed by atoms with Gasteiger partial charge >= 0.3 is 0 Å². The molecule has 0 unspecified atom stereocenters. The topological polar surface area (TPSA) is 52.7 Å². The molecular weight excluding hydrogens is 274 g/mol. The third-order valence-electron chi connectivity index (χ3n) is 3.76. The fourth-order valence-corrected chi connectivity index (χ4v) is 4.34. The van der Waals surface area contributed by atoms with Crippen LogP contribution in [0.5, 0.6) is 0 Å². The highest BCUT2D eigenvalue weighted by atomic mass is 32.2. The molecule has 0 bridgehead atoms. The van der Waals surface area contributed by atoms with Crippen molar-refractivity contribution < 1.29 is 8.42 Å². The third kappa shape index (κ3) is 4.55. The minimum Gasteiger partial charge on any atom is -0.317 e. The lowest BCUT2D eigenvalue weighted by Crippen LogP contribution is -2.50. The fraction of sp³-hybridized carbons (Fsp3) is 0.857. The fourth-order valence-electron chi connectivity index (χ4n) is 2.54. The number of hydrogen-bond acceptors (Lipinski definition) is 3. The summed E-state index contributed by atoms with van der Waals surface area (Å²) in [5.41, 5.74) is 0. The van der Waals surface area contributed by atoms with Crippen LogP contribution < -0.4 is 5.32 Å². The Morgan fingerprint density at radius 1 is 1.40 bits per heavy atom. The van der Waals surface area contributed by atoms with Gasteiger partial charge in [-0.25, -0.2) is 0 Å². The van der Waals surface area contributed by atoms with E-state index in [0.717, 1.165) is 25.9 Å². The van der Waals surface area contributed by atoms with Crippen LogP contribution in [0.4, 0.5) is 0 Å². The van der Waals surface area contributed by atoms with Gasteiger partial charge < -0.3 is 5.32 Å². The van der Waals surface area contributed by atoms with Gasteiger partial charge in [0, 0.05) is 25.7 Å². The molecule has 0 aromatic carbocycles. The molecule has 0 amide bonds. The number of nitrogens with one attached hydrogen (secondary N) is 1. The minimum atomic E-state index is -3.35. The van der Waals surface area contributed by atoms with Gasteiger partial charge in [-0.3, -0.25) is 0 Å². The van der Waals surface area contributed by atoms with Gasteiger partial charge in [-0.15, -0.1) is 6.58 Å². The number of nitrogens with zero attached hydrogens (tertiary/aromatic N) is 2. The average Bonchev–Trinajstić information content (AvgIpc) is 2.42. The van der Waals surface area contributed by atoms with Crippen molar-refractivity contribution in [2.75, 3.05) is 32.7 Å². The summed E-state index contributed by atoms with van der Waals surface area (Å²) >= 11 is 0. The lowest BCUT2D eigenvalue weighted by Gasteiger charge is -2.36. The van der Waals surface area contributed by atoms with Crippen LogP contribution >= 0.6 is 0 Å². The van der Waals surface area contributed by atoms with Crippen LogP contribution in [-0.2, 0) is 10.2 Å². The average molecular weight is 303 g/mol. The molecule has 118 valence electrons. The highest BCUT2D eigenvalue weighted by Crippen LogP contribution is 2.22. The van der Waals surface area contributed by atoms with Crippen molar-refractivity contribution in [2.24, 2.45) is 5.92 Å². The van der Waals surface area contributed by atoms with E-state index in [1.165, 1.54) is 4.31 Å². The van der Waals surface area contributed by atoms with E-state index in [1.807, 2.05) is 13.8 Å². The molecule has 0 aliphatic carbocycles. The Balaban J connectivity index is 2.63. The second kappa shape index (κ2) is 8.12.